The fraction of sp³-hybridized carbons (Fsp3) is 0.385. The molecule has 0 fully saturated rings. The van der Waals surface area contributed by atoms with Crippen molar-refractivity contribution in [1.29, 1.82) is 0 Å². The summed E-state index contributed by atoms with van der Waals surface area (Å²) in [6.45, 7) is 6.24. The lowest BCUT2D eigenvalue weighted by atomic mass is 10.0. The molecule has 1 aromatic carbocycles. The highest BCUT2D eigenvalue weighted by Gasteiger charge is 1.97. The van der Waals surface area contributed by atoms with Crippen LogP contribution >= 0.6 is 0 Å². The lowest BCUT2D eigenvalue weighted by Gasteiger charge is -2.02. The van der Waals surface area contributed by atoms with Crippen molar-refractivity contribution in [3.05, 3.63) is 34.9 Å². The van der Waals surface area contributed by atoms with Crippen LogP contribution < -0.4 is 5.73 Å². The summed E-state index contributed by atoms with van der Waals surface area (Å²) < 4.78 is 0. The summed E-state index contributed by atoms with van der Waals surface area (Å²) in [4.78, 5) is 0. The van der Waals surface area contributed by atoms with Crippen LogP contribution in [0.2, 0.25) is 0 Å². The van der Waals surface area contributed by atoms with Gasteiger partial charge in [-0.1, -0.05) is 30.9 Å². The first-order valence-electron chi connectivity index (χ1n) is 4.98. The molecule has 0 bridgehead atoms. The van der Waals surface area contributed by atoms with E-state index in [1.54, 1.807) is 0 Å². The molecule has 1 rings (SSSR count). The van der Waals surface area contributed by atoms with E-state index in [1.807, 2.05) is 19.1 Å². The number of hydrogen-bond donors (Lipinski definition) is 1. The maximum Gasteiger partial charge on any atom is 0.0665 e. The molecule has 1 aromatic rings. The normalized spacial score (nSPS) is 11.7. The molecule has 0 aliphatic carbocycles. The Morgan fingerprint density at radius 2 is 2.07 bits per heavy atom. The molecule has 0 aliphatic rings. The maximum absolute atomic E-state index is 5.74. The monoisotopic (exact) mass is 187 g/mol. The average molecular weight is 187 g/mol. The van der Waals surface area contributed by atoms with Crippen LogP contribution in [-0.4, -0.2) is 6.04 Å². The van der Waals surface area contributed by atoms with E-state index in [-0.39, 0.29) is 6.04 Å². The van der Waals surface area contributed by atoms with Gasteiger partial charge in [-0.3, -0.25) is 0 Å². The summed E-state index contributed by atoms with van der Waals surface area (Å²) in [6, 6.07) is 6.16. The first-order chi connectivity index (χ1) is 6.65. The molecule has 0 radical (unpaired) electrons. The Morgan fingerprint density at radius 3 is 2.71 bits per heavy atom. The van der Waals surface area contributed by atoms with Gasteiger partial charge in [0.25, 0.3) is 0 Å². The van der Waals surface area contributed by atoms with Gasteiger partial charge >= 0.3 is 0 Å². The lowest BCUT2D eigenvalue weighted by molar-refractivity contribution is 0.806. The van der Waals surface area contributed by atoms with Gasteiger partial charge in [-0.25, -0.2) is 0 Å². The van der Waals surface area contributed by atoms with Gasteiger partial charge in [0.05, 0.1) is 6.04 Å². The third-order valence-electron chi connectivity index (χ3n) is 2.44. The molecule has 0 aromatic heterocycles. The zero-order valence-corrected chi connectivity index (χ0v) is 9.09. The number of benzene rings is 1. The van der Waals surface area contributed by atoms with Crippen molar-refractivity contribution >= 4 is 0 Å². The van der Waals surface area contributed by atoms with Crippen LogP contribution in [-0.2, 0) is 0 Å². The SMILES string of the molecule is CCC(N)C#Cc1cccc(C)c1C. The molecule has 1 atom stereocenters. The van der Waals surface area contributed by atoms with E-state index in [1.165, 1.54) is 11.1 Å². The molecule has 0 spiro atoms. The third kappa shape index (κ3) is 2.61. The van der Waals surface area contributed by atoms with Gasteiger partial charge in [0.1, 0.15) is 0 Å². The van der Waals surface area contributed by atoms with Gasteiger partial charge in [0.2, 0.25) is 0 Å². The second-order valence-corrected chi connectivity index (χ2v) is 3.53. The zero-order chi connectivity index (χ0) is 10.6. The van der Waals surface area contributed by atoms with Crippen LogP contribution in [0.3, 0.4) is 0 Å². The van der Waals surface area contributed by atoms with Crippen LogP contribution in [0, 0.1) is 25.7 Å². The first-order valence-corrected chi connectivity index (χ1v) is 4.98. The fourth-order valence-electron chi connectivity index (χ4n) is 1.16. The Hall–Kier alpha value is -1.26. The second kappa shape index (κ2) is 4.83. The van der Waals surface area contributed by atoms with Gasteiger partial charge in [-0.2, -0.15) is 0 Å². The van der Waals surface area contributed by atoms with E-state index < -0.39 is 0 Å². The number of nitrogens with two attached hydrogens (primary N) is 1. The number of aryl methyl sites for hydroxylation is 1. The minimum Gasteiger partial charge on any atom is -0.318 e. The van der Waals surface area contributed by atoms with Crippen LogP contribution in [0.1, 0.15) is 30.0 Å². The van der Waals surface area contributed by atoms with Crippen molar-refractivity contribution in [3.63, 3.8) is 0 Å². The molecule has 0 saturated carbocycles. The van der Waals surface area contributed by atoms with E-state index in [9.17, 15) is 0 Å². The van der Waals surface area contributed by atoms with E-state index in [4.69, 9.17) is 5.73 Å². The van der Waals surface area contributed by atoms with Crippen LogP contribution in [0.4, 0.5) is 0 Å². The Bertz CT molecular complexity index is 369. The standard InChI is InChI=1S/C13H17N/c1-4-13(14)9-8-12-7-5-6-10(2)11(12)3/h5-7,13H,4,14H2,1-3H3. The molecule has 0 heterocycles. The predicted octanol–water partition coefficient (Wildman–Crippen LogP) is 2.39. The summed E-state index contributed by atoms with van der Waals surface area (Å²) in [6.07, 6.45) is 0.901. The minimum atomic E-state index is -0.00471. The summed E-state index contributed by atoms with van der Waals surface area (Å²) in [5.41, 5.74) is 9.36. The molecule has 14 heavy (non-hydrogen) atoms. The molecule has 1 heteroatoms. The largest absolute Gasteiger partial charge is 0.318 e. The lowest BCUT2D eigenvalue weighted by Crippen LogP contribution is -2.15. The van der Waals surface area contributed by atoms with Crippen molar-refractivity contribution in [2.24, 2.45) is 5.73 Å². The molecule has 0 saturated heterocycles. The number of rotatable bonds is 1. The molecule has 1 unspecified atom stereocenters. The summed E-state index contributed by atoms with van der Waals surface area (Å²) in [5, 5.41) is 0. The van der Waals surface area contributed by atoms with Gasteiger partial charge in [-0.15, -0.1) is 0 Å². The average Bonchev–Trinajstić information content (AvgIpc) is 2.20. The zero-order valence-electron chi connectivity index (χ0n) is 9.09. The van der Waals surface area contributed by atoms with Crippen molar-refractivity contribution in [2.45, 2.75) is 33.2 Å². The molecule has 0 amide bonds. The highest BCUT2D eigenvalue weighted by atomic mass is 14.6. The van der Waals surface area contributed by atoms with Crippen molar-refractivity contribution in [1.82, 2.24) is 0 Å². The summed E-state index contributed by atoms with van der Waals surface area (Å²) >= 11 is 0. The molecule has 1 nitrogen and oxygen atoms in total. The Labute approximate surface area is 86.3 Å². The van der Waals surface area contributed by atoms with Crippen LogP contribution in [0.25, 0.3) is 0 Å². The molecule has 0 aliphatic heterocycles. The fourth-order valence-corrected chi connectivity index (χ4v) is 1.16. The minimum absolute atomic E-state index is 0.00471. The predicted molar refractivity (Wildman–Crippen MR) is 61.1 cm³/mol. The molecular formula is C13H17N. The van der Waals surface area contributed by atoms with Gasteiger partial charge in [0.15, 0.2) is 0 Å². The molecule has 2 N–H and O–H groups in total. The Morgan fingerprint density at radius 1 is 1.36 bits per heavy atom. The van der Waals surface area contributed by atoms with Crippen molar-refractivity contribution < 1.29 is 0 Å². The first kappa shape index (κ1) is 10.8. The molecular weight excluding hydrogens is 170 g/mol. The van der Waals surface area contributed by atoms with Crippen molar-refractivity contribution in [2.75, 3.05) is 0 Å². The number of hydrogen-bond acceptors (Lipinski definition) is 1. The van der Waals surface area contributed by atoms with E-state index in [2.05, 4.69) is 31.8 Å². The highest BCUT2D eigenvalue weighted by molar-refractivity contribution is 5.44. The van der Waals surface area contributed by atoms with E-state index >= 15 is 0 Å². The maximum atomic E-state index is 5.74. The summed E-state index contributed by atoms with van der Waals surface area (Å²) in [5.74, 6) is 6.17. The van der Waals surface area contributed by atoms with Crippen LogP contribution in [0.5, 0.6) is 0 Å². The van der Waals surface area contributed by atoms with Crippen molar-refractivity contribution in [3.8, 4) is 11.8 Å². The topological polar surface area (TPSA) is 26.0 Å². The second-order valence-electron chi connectivity index (χ2n) is 3.53. The van der Waals surface area contributed by atoms with E-state index in [0.717, 1.165) is 12.0 Å². The van der Waals surface area contributed by atoms with E-state index in [0.29, 0.717) is 0 Å². The molecule has 74 valence electrons. The highest BCUT2D eigenvalue weighted by Crippen LogP contribution is 2.10. The Balaban J connectivity index is 2.95. The smallest absolute Gasteiger partial charge is 0.0665 e. The third-order valence-corrected chi connectivity index (χ3v) is 2.44. The summed E-state index contributed by atoms with van der Waals surface area (Å²) in [7, 11) is 0. The van der Waals surface area contributed by atoms with Gasteiger partial charge < -0.3 is 5.73 Å². The van der Waals surface area contributed by atoms with Gasteiger partial charge in [-0.05, 0) is 37.5 Å². The van der Waals surface area contributed by atoms with Gasteiger partial charge in [0, 0.05) is 5.56 Å². The van der Waals surface area contributed by atoms with Crippen LogP contribution in [0.15, 0.2) is 18.2 Å². The Kier molecular flexibility index (Phi) is 3.73. The quantitative estimate of drug-likeness (QED) is 0.671.